The number of aldehydes is 1. The van der Waals surface area contributed by atoms with Gasteiger partial charge in [-0.1, -0.05) is 0 Å². The molecular formula is C8H6F2INO2. The second-order valence-electron chi connectivity index (χ2n) is 2.36. The van der Waals surface area contributed by atoms with E-state index in [1.807, 2.05) is 0 Å². The summed E-state index contributed by atoms with van der Waals surface area (Å²) in [5.74, 6) is 0.154. The van der Waals surface area contributed by atoms with Crippen LogP contribution >= 0.6 is 22.6 Å². The van der Waals surface area contributed by atoms with Crippen LogP contribution in [0.25, 0.3) is 0 Å². The van der Waals surface area contributed by atoms with Crippen LogP contribution in [0.5, 0.6) is 5.88 Å². The summed E-state index contributed by atoms with van der Waals surface area (Å²) in [4.78, 5) is 14.1. The van der Waals surface area contributed by atoms with Crippen LogP contribution < -0.4 is 4.74 Å². The predicted octanol–water partition coefficient (Wildman–Crippen LogP) is 2.44. The third kappa shape index (κ3) is 2.17. The number of nitrogens with zero attached hydrogens (tertiary/aromatic N) is 1. The van der Waals surface area contributed by atoms with Gasteiger partial charge >= 0.3 is 0 Å². The first kappa shape index (κ1) is 11.3. The van der Waals surface area contributed by atoms with E-state index >= 15 is 0 Å². The topological polar surface area (TPSA) is 39.2 Å². The number of halogens is 3. The Morgan fingerprint density at radius 2 is 2.29 bits per heavy atom. The molecule has 0 amide bonds. The van der Waals surface area contributed by atoms with Crippen molar-refractivity contribution in [3.8, 4) is 5.88 Å². The molecular weight excluding hydrogens is 307 g/mol. The molecule has 1 heterocycles. The Balaban J connectivity index is 3.34. The molecule has 0 bridgehead atoms. The summed E-state index contributed by atoms with van der Waals surface area (Å²) in [6.07, 6.45) is -2.41. The molecule has 0 aliphatic carbocycles. The Bertz CT molecular complexity index is 357. The maximum Gasteiger partial charge on any atom is 0.267 e. The number of carbonyl (C=O) groups is 1. The van der Waals surface area contributed by atoms with Gasteiger partial charge in [0.05, 0.1) is 12.7 Å². The summed E-state index contributed by atoms with van der Waals surface area (Å²) in [6.45, 7) is 0. The van der Waals surface area contributed by atoms with Gasteiger partial charge in [0.25, 0.3) is 6.43 Å². The lowest BCUT2D eigenvalue weighted by atomic mass is 10.2. The van der Waals surface area contributed by atoms with E-state index in [1.165, 1.54) is 13.2 Å². The quantitative estimate of drug-likeness (QED) is 0.635. The van der Waals surface area contributed by atoms with Gasteiger partial charge < -0.3 is 4.74 Å². The van der Waals surface area contributed by atoms with Gasteiger partial charge in [0, 0.05) is 9.64 Å². The average Bonchev–Trinajstić information content (AvgIpc) is 2.15. The van der Waals surface area contributed by atoms with Crippen LogP contribution in [0.3, 0.4) is 0 Å². The van der Waals surface area contributed by atoms with Crippen molar-refractivity contribution in [2.45, 2.75) is 6.43 Å². The summed E-state index contributed by atoms with van der Waals surface area (Å²) >= 11 is 1.71. The Labute approximate surface area is 92.6 Å². The molecule has 0 aliphatic rings. The molecule has 76 valence electrons. The number of rotatable bonds is 3. The summed E-state index contributed by atoms with van der Waals surface area (Å²) in [5, 5.41) is 0. The number of alkyl halides is 2. The number of methoxy groups -OCH3 is 1. The highest BCUT2D eigenvalue weighted by Crippen LogP contribution is 2.28. The third-order valence-electron chi connectivity index (χ3n) is 1.55. The van der Waals surface area contributed by atoms with Crippen LogP contribution in [0.4, 0.5) is 8.78 Å². The largest absolute Gasteiger partial charge is 0.481 e. The first-order chi connectivity index (χ1) is 6.60. The SMILES string of the molecule is COc1cc(I)c(C(F)F)c(C=O)n1. The van der Waals surface area contributed by atoms with Crippen molar-refractivity contribution in [3.05, 3.63) is 20.9 Å². The molecule has 0 aliphatic heterocycles. The van der Waals surface area contributed by atoms with E-state index in [9.17, 15) is 13.6 Å². The van der Waals surface area contributed by atoms with Crippen molar-refractivity contribution in [3.63, 3.8) is 0 Å². The zero-order chi connectivity index (χ0) is 10.7. The smallest absolute Gasteiger partial charge is 0.267 e. The minimum Gasteiger partial charge on any atom is -0.481 e. The van der Waals surface area contributed by atoms with E-state index in [-0.39, 0.29) is 20.7 Å². The molecule has 1 rings (SSSR count). The fourth-order valence-electron chi connectivity index (χ4n) is 0.930. The molecule has 14 heavy (non-hydrogen) atoms. The van der Waals surface area contributed by atoms with E-state index < -0.39 is 6.43 Å². The second-order valence-corrected chi connectivity index (χ2v) is 3.53. The molecule has 0 saturated heterocycles. The van der Waals surface area contributed by atoms with E-state index in [2.05, 4.69) is 4.98 Å². The van der Waals surface area contributed by atoms with Crippen molar-refractivity contribution >= 4 is 28.9 Å². The molecule has 0 atom stereocenters. The Hall–Kier alpha value is -0.790. The normalized spacial score (nSPS) is 10.4. The lowest BCUT2D eigenvalue weighted by Gasteiger charge is -2.07. The van der Waals surface area contributed by atoms with Crippen LogP contribution in [0.15, 0.2) is 6.07 Å². The molecule has 0 fully saturated rings. The Morgan fingerprint density at radius 3 is 2.71 bits per heavy atom. The van der Waals surface area contributed by atoms with Crippen LogP contribution in [0, 0.1) is 3.57 Å². The van der Waals surface area contributed by atoms with E-state index in [0.29, 0.717) is 6.29 Å². The van der Waals surface area contributed by atoms with Gasteiger partial charge in [0.15, 0.2) is 6.29 Å². The van der Waals surface area contributed by atoms with E-state index in [4.69, 9.17) is 4.74 Å². The molecule has 0 saturated carbocycles. The fraction of sp³-hybridized carbons (Fsp3) is 0.250. The lowest BCUT2D eigenvalue weighted by Crippen LogP contribution is -2.02. The zero-order valence-corrected chi connectivity index (χ0v) is 9.29. The molecule has 0 N–H and O–H groups in total. The number of carbonyl (C=O) groups excluding carboxylic acids is 1. The summed E-state index contributed by atoms with van der Waals surface area (Å²) < 4.78 is 30.0. The number of hydrogen-bond donors (Lipinski definition) is 0. The third-order valence-corrected chi connectivity index (χ3v) is 2.45. The summed E-state index contributed by atoms with van der Waals surface area (Å²) in [7, 11) is 1.36. The van der Waals surface area contributed by atoms with Gasteiger partial charge in [0.1, 0.15) is 5.69 Å². The van der Waals surface area contributed by atoms with E-state index in [1.54, 1.807) is 22.6 Å². The van der Waals surface area contributed by atoms with Gasteiger partial charge in [-0.2, -0.15) is 0 Å². The summed E-state index contributed by atoms with van der Waals surface area (Å²) in [6, 6.07) is 1.36. The maximum atomic E-state index is 12.5. The molecule has 0 spiro atoms. The monoisotopic (exact) mass is 313 g/mol. The highest BCUT2D eigenvalue weighted by molar-refractivity contribution is 14.1. The van der Waals surface area contributed by atoms with Crippen LogP contribution in [-0.2, 0) is 0 Å². The first-order valence-electron chi connectivity index (χ1n) is 3.58. The zero-order valence-electron chi connectivity index (χ0n) is 7.13. The van der Waals surface area contributed by atoms with Gasteiger partial charge in [-0.05, 0) is 22.6 Å². The van der Waals surface area contributed by atoms with Crippen LogP contribution in [0.1, 0.15) is 22.5 Å². The van der Waals surface area contributed by atoms with Crippen molar-refractivity contribution in [1.29, 1.82) is 0 Å². The minimum atomic E-state index is -2.71. The van der Waals surface area contributed by atoms with Gasteiger partial charge in [-0.3, -0.25) is 4.79 Å². The standard InChI is InChI=1S/C8H6F2INO2/c1-14-6-2-4(11)7(8(9)10)5(3-13)12-6/h2-3,8H,1H3. The Morgan fingerprint density at radius 1 is 1.64 bits per heavy atom. The lowest BCUT2D eigenvalue weighted by molar-refractivity contribution is 0.110. The second kappa shape index (κ2) is 4.63. The van der Waals surface area contributed by atoms with Gasteiger partial charge in [-0.25, -0.2) is 13.8 Å². The molecule has 3 nitrogen and oxygen atoms in total. The van der Waals surface area contributed by atoms with E-state index in [0.717, 1.165) is 0 Å². The highest BCUT2D eigenvalue weighted by atomic mass is 127. The number of aromatic nitrogens is 1. The van der Waals surface area contributed by atoms with Crippen molar-refractivity contribution < 1.29 is 18.3 Å². The van der Waals surface area contributed by atoms with Crippen LogP contribution in [0.2, 0.25) is 0 Å². The number of ether oxygens (including phenoxy) is 1. The predicted molar refractivity (Wildman–Crippen MR) is 53.9 cm³/mol. The molecule has 6 heteroatoms. The molecule has 1 aromatic heterocycles. The van der Waals surface area contributed by atoms with Crippen molar-refractivity contribution in [2.24, 2.45) is 0 Å². The molecule has 0 aromatic carbocycles. The molecule has 0 unspecified atom stereocenters. The molecule has 0 radical (unpaired) electrons. The fourth-order valence-corrected chi connectivity index (χ4v) is 1.71. The van der Waals surface area contributed by atoms with Crippen molar-refractivity contribution in [1.82, 2.24) is 4.98 Å². The van der Waals surface area contributed by atoms with Crippen LogP contribution in [-0.4, -0.2) is 18.4 Å². The maximum absolute atomic E-state index is 12.5. The van der Waals surface area contributed by atoms with Crippen molar-refractivity contribution in [2.75, 3.05) is 7.11 Å². The first-order valence-corrected chi connectivity index (χ1v) is 4.65. The van der Waals surface area contributed by atoms with Gasteiger partial charge in [-0.15, -0.1) is 0 Å². The Kier molecular flexibility index (Phi) is 3.73. The van der Waals surface area contributed by atoms with Gasteiger partial charge in [0.2, 0.25) is 5.88 Å². The minimum absolute atomic E-state index is 0.154. The average molecular weight is 313 g/mol. The molecule has 1 aromatic rings. The number of pyridine rings is 1. The summed E-state index contributed by atoms with van der Waals surface area (Å²) in [5.41, 5.74) is -0.620. The number of hydrogen-bond acceptors (Lipinski definition) is 3. The highest BCUT2D eigenvalue weighted by Gasteiger charge is 2.19.